The predicted octanol–water partition coefficient (Wildman–Crippen LogP) is 3.36. The van der Waals surface area contributed by atoms with E-state index in [-0.39, 0.29) is 0 Å². The van der Waals surface area contributed by atoms with Gasteiger partial charge in [-0.3, -0.25) is 10.2 Å². The lowest BCUT2D eigenvalue weighted by Crippen LogP contribution is -2.52. The number of methoxy groups -OCH3 is 1. The summed E-state index contributed by atoms with van der Waals surface area (Å²) in [6, 6.07) is 4.64. The van der Waals surface area contributed by atoms with Crippen molar-refractivity contribution in [3.63, 3.8) is 0 Å². The quantitative estimate of drug-likeness (QED) is 0.704. The Hall–Kier alpha value is -1.07. The van der Waals surface area contributed by atoms with Gasteiger partial charge in [0.1, 0.15) is 12.0 Å². The van der Waals surface area contributed by atoms with E-state index in [1.165, 1.54) is 22.2 Å². The number of hydrogen-bond donors (Lipinski definition) is 2. The van der Waals surface area contributed by atoms with Crippen LogP contribution in [0, 0.1) is 19.8 Å². The molecular weight excluding hydrogens is 324 g/mol. The summed E-state index contributed by atoms with van der Waals surface area (Å²) < 4.78 is 5.40. The Balaban J connectivity index is 1.84. The van der Waals surface area contributed by atoms with Crippen LogP contribution in [0.5, 0.6) is 5.75 Å². The first-order valence-electron chi connectivity index (χ1n) is 8.52. The van der Waals surface area contributed by atoms with E-state index in [1.807, 2.05) is 0 Å². The summed E-state index contributed by atoms with van der Waals surface area (Å²) >= 11 is 5.47. The molecule has 1 heterocycles. The molecule has 0 amide bonds. The van der Waals surface area contributed by atoms with E-state index in [1.54, 1.807) is 13.2 Å². The lowest BCUT2D eigenvalue weighted by Gasteiger charge is -2.44. The Bertz CT molecular complexity index is 571. The molecule has 0 saturated carbocycles. The predicted molar refractivity (Wildman–Crippen MR) is 99.6 cm³/mol. The van der Waals surface area contributed by atoms with Crippen molar-refractivity contribution in [1.29, 1.82) is 0 Å². The number of aliphatic hydroxyl groups is 1. The molecule has 0 aliphatic carbocycles. The van der Waals surface area contributed by atoms with Crippen LogP contribution in [0.25, 0.3) is 0 Å². The van der Waals surface area contributed by atoms with E-state index >= 15 is 0 Å². The van der Waals surface area contributed by atoms with Gasteiger partial charge in [-0.05, 0) is 49.4 Å². The summed E-state index contributed by atoms with van der Waals surface area (Å²) in [7, 11) is 1.72. The molecule has 24 heavy (non-hydrogen) atoms. The molecule has 1 aliphatic rings. The third-order valence-electron chi connectivity index (χ3n) is 5.07. The van der Waals surface area contributed by atoms with Crippen molar-refractivity contribution in [3.8, 4) is 5.75 Å². The average molecular weight is 353 g/mol. The molecule has 1 aromatic carbocycles. The first-order chi connectivity index (χ1) is 11.5. The first-order valence-corrected chi connectivity index (χ1v) is 8.96. The van der Waals surface area contributed by atoms with Crippen molar-refractivity contribution in [2.75, 3.05) is 26.7 Å². The molecule has 2 atom stereocenters. The fourth-order valence-electron chi connectivity index (χ4n) is 3.31. The maximum Gasteiger partial charge on any atom is 0.122 e. The van der Waals surface area contributed by atoms with Gasteiger partial charge in [-0.15, -0.1) is 0 Å². The zero-order valence-corrected chi connectivity index (χ0v) is 15.8. The van der Waals surface area contributed by atoms with Crippen LogP contribution in [0.15, 0.2) is 23.7 Å². The number of likely N-dealkylation sites (tertiary alicyclic amines) is 1. The SMILES string of the molecule is COc1ccc(C(C)N2CC(CNC(O)C/C=C/Cl)C2)c(C)c1C. The van der Waals surface area contributed by atoms with Gasteiger partial charge in [-0.2, -0.15) is 0 Å². The molecule has 0 aromatic heterocycles. The van der Waals surface area contributed by atoms with Crippen LogP contribution in [0.2, 0.25) is 0 Å². The largest absolute Gasteiger partial charge is 0.496 e. The van der Waals surface area contributed by atoms with E-state index in [4.69, 9.17) is 16.3 Å². The van der Waals surface area contributed by atoms with Gasteiger partial charge in [0.2, 0.25) is 0 Å². The van der Waals surface area contributed by atoms with E-state index in [0.29, 0.717) is 18.4 Å². The minimum atomic E-state index is -0.516. The smallest absolute Gasteiger partial charge is 0.122 e. The first kappa shape index (κ1) is 19.3. The number of nitrogens with zero attached hydrogens (tertiary/aromatic N) is 1. The van der Waals surface area contributed by atoms with E-state index in [0.717, 1.165) is 25.4 Å². The van der Waals surface area contributed by atoms with Crippen molar-refractivity contribution in [2.45, 2.75) is 39.5 Å². The molecular formula is C19H29ClN2O2. The summed E-state index contributed by atoms with van der Waals surface area (Å²) in [5.74, 6) is 1.54. The zero-order valence-electron chi connectivity index (χ0n) is 15.1. The van der Waals surface area contributed by atoms with Crippen molar-refractivity contribution in [1.82, 2.24) is 10.2 Å². The van der Waals surface area contributed by atoms with Crippen LogP contribution < -0.4 is 10.1 Å². The maximum absolute atomic E-state index is 9.77. The summed E-state index contributed by atoms with van der Waals surface area (Å²) in [5, 5.41) is 12.9. The highest BCUT2D eigenvalue weighted by molar-refractivity contribution is 6.25. The molecule has 1 aliphatic heterocycles. The number of nitrogens with one attached hydrogen (secondary N) is 1. The van der Waals surface area contributed by atoms with Gasteiger partial charge in [0.15, 0.2) is 0 Å². The minimum Gasteiger partial charge on any atom is -0.496 e. The van der Waals surface area contributed by atoms with Crippen molar-refractivity contribution >= 4 is 11.6 Å². The van der Waals surface area contributed by atoms with E-state index < -0.39 is 6.23 Å². The molecule has 2 unspecified atom stereocenters. The zero-order chi connectivity index (χ0) is 17.7. The summed E-state index contributed by atoms with van der Waals surface area (Å²) in [6.45, 7) is 9.49. The van der Waals surface area contributed by atoms with Crippen molar-refractivity contribution in [3.05, 3.63) is 40.4 Å². The number of ether oxygens (including phenoxy) is 1. The third-order valence-corrected chi connectivity index (χ3v) is 5.25. The number of aliphatic hydroxyl groups excluding tert-OH is 1. The number of halogens is 1. The normalized spacial score (nSPS) is 18.6. The van der Waals surface area contributed by atoms with Crippen LogP contribution in [0.3, 0.4) is 0 Å². The van der Waals surface area contributed by atoms with Crippen LogP contribution in [0.1, 0.15) is 36.1 Å². The molecule has 0 spiro atoms. The molecule has 1 saturated heterocycles. The fourth-order valence-corrected chi connectivity index (χ4v) is 3.41. The number of benzene rings is 1. The van der Waals surface area contributed by atoms with Gasteiger partial charge in [-0.25, -0.2) is 0 Å². The molecule has 0 radical (unpaired) electrons. The van der Waals surface area contributed by atoms with E-state index in [2.05, 4.69) is 43.1 Å². The van der Waals surface area contributed by atoms with Crippen LogP contribution >= 0.6 is 11.6 Å². The lowest BCUT2D eigenvalue weighted by atomic mass is 9.91. The second-order valence-corrected chi connectivity index (χ2v) is 6.88. The monoisotopic (exact) mass is 352 g/mol. The molecule has 1 fully saturated rings. The van der Waals surface area contributed by atoms with Gasteiger partial charge in [-0.1, -0.05) is 23.7 Å². The lowest BCUT2D eigenvalue weighted by molar-refractivity contribution is 0.0450. The van der Waals surface area contributed by atoms with Gasteiger partial charge in [0.05, 0.1) is 7.11 Å². The minimum absolute atomic E-state index is 0.398. The van der Waals surface area contributed by atoms with Crippen LogP contribution in [0.4, 0.5) is 0 Å². The van der Waals surface area contributed by atoms with Crippen LogP contribution in [-0.2, 0) is 0 Å². The second kappa shape index (κ2) is 8.86. The summed E-state index contributed by atoms with van der Waals surface area (Å²) in [5.41, 5.74) is 5.34. The Morgan fingerprint density at radius 1 is 1.38 bits per heavy atom. The summed E-state index contributed by atoms with van der Waals surface area (Å²) in [4.78, 5) is 2.48. The average Bonchev–Trinajstić information content (AvgIpc) is 2.53. The highest BCUT2D eigenvalue weighted by Crippen LogP contribution is 2.33. The molecule has 1 aromatic rings. The maximum atomic E-state index is 9.77. The fraction of sp³-hybridized carbons (Fsp3) is 0.579. The number of hydrogen-bond acceptors (Lipinski definition) is 4. The topological polar surface area (TPSA) is 44.7 Å². The Morgan fingerprint density at radius 3 is 2.71 bits per heavy atom. The molecule has 2 N–H and O–H groups in total. The highest BCUT2D eigenvalue weighted by atomic mass is 35.5. The molecule has 134 valence electrons. The Labute approximate surface area is 150 Å². The van der Waals surface area contributed by atoms with Gasteiger partial charge in [0, 0.05) is 37.6 Å². The standard InChI is InChI=1S/C19H29ClN2O2/c1-13-14(2)18(24-4)8-7-17(13)15(3)22-11-16(12-22)10-21-19(23)6-5-9-20/h5,7-9,15-16,19,21,23H,6,10-12H2,1-4H3/b9-5+. The number of rotatable bonds is 8. The highest BCUT2D eigenvalue weighted by Gasteiger charge is 2.31. The second-order valence-electron chi connectivity index (χ2n) is 6.62. The molecule has 4 nitrogen and oxygen atoms in total. The molecule has 5 heteroatoms. The van der Waals surface area contributed by atoms with Gasteiger partial charge in [0.25, 0.3) is 0 Å². The van der Waals surface area contributed by atoms with Crippen molar-refractivity contribution < 1.29 is 9.84 Å². The summed E-state index contributed by atoms with van der Waals surface area (Å²) in [6.07, 6.45) is 1.78. The Morgan fingerprint density at radius 2 is 2.08 bits per heavy atom. The van der Waals surface area contributed by atoms with E-state index in [9.17, 15) is 5.11 Å². The van der Waals surface area contributed by atoms with Crippen LogP contribution in [-0.4, -0.2) is 43.0 Å². The van der Waals surface area contributed by atoms with Gasteiger partial charge < -0.3 is 9.84 Å². The third kappa shape index (κ3) is 4.51. The van der Waals surface area contributed by atoms with Gasteiger partial charge >= 0.3 is 0 Å². The molecule has 0 bridgehead atoms. The van der Waals surface area contributed by atoms with Crippen molar-refractivity contribution in [2.24, 2.45) is 5.92 Å². The molecule has 2 rings (SSSR count). The Kier molecular flexibility index (Phi) is 7.11.